The van der Waals surface area contributed by atoms with Crippen molar-refractivity contribution in [2.45, 2.75) is 58.7 Å². The van der Waals surface area contributed by atoms with Gasteiger partial charge in [-0.05, 0) is 18.9 Å². The molecule has 1 aromatic heterocycles. The molecule has 1 saturated carbocycles. The van der Waals surface area contributed by atoms with Crippen molar-refractivity contribution in [3.63, 3.8) is 0 Å². The number of aromatic nitrogens is 1. The van der Waals surface area contributed by atoms with E-state index < -0.39 is 0 Å². The number of rotatable bonds is 8. The Bertz CT molecular complexity index is 479. The van der Waals surface area contributed by atoms with Gasteiger partial charge in [0.2, 0.25) is 5.88 Å². The second-order valence-corrected chi connectivity index (χ2v) is 6.47. The van der Waals surface area contributed by atoms with E-state index in [1.165, 1.54) is 0 Å². The van der Waals surface area contributed by atoms with E-state index >= 15 is 0 Å². The summed E-state index contributed by atoms with van der Waals surface area (Å²) in [4.78, 5) is 15.7. The third kappa shape index (κ3) is 4.98. The van der Waals surface area contributed by atoms with Gasteiger partial charge in [0.15, 0.2) is 5.78 Å². The molecule has 5 heteroatoms. The second kappa shape index (κ2) is 7.58. The zero-order valence-electron chi connectivity index (χ0n) is 13.8. The monoisotopic (exact) mass is 306 g/mol. The van der Waals surface area contributed by atoms with E-state index in [0.717, 1.165) is 12.8 Å². The fourth-order valence-corrected chi connectivity index (χ4v) is 2.28. The van der Waals surface area contributed by atoms with Crippen LogP contribution in [0.5, 0.6) is 11.6 Å². The van der Waals surface area contributed by atoms with Gasteiger partial charge in [-0.25, -0.2) is 4.98 Å². The molecule has 0 saturated heterocycles. The Morgan fingerprint density at radius 1 is 1.32 bits per heavy atom. The average Bonchev–Trinajstić information content (AvgIpc) is 2.43. The van der Waals surface area contributed by atoms with Crippen LogP contribution in [-0.2, 0) is 4.79 Å². The van der Waals surface area contributed by atoms with Crippen LogP contribution in [0.4, 0.5) is 0 Å². The highest BCUT2D eigenvalue weighted by atomic mass is 16.5. The molecule has 0 aliphatic heterocycles. The molecule has 1 N–H and O–H groups in total. The molecule has 122 valence electrons. The molecule has 0 amide bonds. The van der Waals surface area contributed by atoms with Crippen molar-refractivity contribution in [1.29, 1.82) is 0 Å². The lowest BCUT2D eigenvalue weighted by Gasteiger charge is -2.36. The summed E-state index contributed by atoms with van der Waals surface area (Å²) in [6.07, 6.45) is 3.87. The first kappa shape index (κ1) is 16.7. The Labute approximate surface area is 132 Å². The highest BCUT2D eigenvalue weighted by Crippen LogP contribution is 2.26. The maximum Gasteiger partial charge on any atom is 0.213 e. The Hall–Kier alpha value is -1.62. The summed E-state index contributed by atoms with van der Waals surface area (Å²) in [5, 5.41) is 3.49. The van der Waals surface area contributed by atoms with Crippen molar-refractivity contribution in [1.82, 2.24) is 10.3 Å². The van der Waals surface area contributed by atoms with Crippen LogP contribution in [-0.4, -0.2) is 35.6 Å². The number of nitrogens with one attached hydrogen (secondary N) is 1. The number of carbonyl (C=O) groups excluding carboxylic acids is 1. The van der Waals surface area contributed by atoms with E-state index in [4.69, 9.17) is 9.47 Å². The average molecular weight is 306 g/mol. The molecule has 0 spiro atoms. The highest BCUT2D eigenvalue weighted by Gasteiger charge is 2.31. The summed E-state index contributed by atoms with van der Waals surface area (Å²) in [6, 6.07) is 4.64. The van der Waals surface area contributed by atoms with Crippen molar-refractivity contribution in [3.8, 4) is 11.6 Å². The van der Waals surface area contributed by atoms with Crippen LogP contribution >= 0.6 is 0 Å². The lowest BCUT2D eigenvalue weighted by molar-refractivity contribution is -0.123. The van der Waals surface area contributed by atoms with Crippen molar-refractivity contribution in [2.75, 3.05) is 6.61 Å². The molecular formula is C17H26N2O3. The molecular weight excluding hydrogens is 280 g/mol. The standard InChI is InChI=1S/C17H26N2O3/c1-11(2)16(20)10-21-14-5-6-17(18-9-14)22-15-7-13(8-15)19-12(3)4/h5-6,9,11-13,15,19H,7-8,10H2,1-4H3/t13-,15-. The van der Waals surface area contributed by atoms with Crippen LogP contribution in [0, 0.1) is 5.92 Å². The van der Waals surface area contributed by atoms with Crippen LogP contribution in [0.2, 0.25) is 0 Å². The van der Waals surface area contributed by atoms with Crippen LogP contribution < -0.4 is 14.8 Å². The number of hydrogen-bond donors (Lipinski definition) is 1. The fourth-order valence-electron chi connectivity index (χ4n) is 2.28. The maximum atomic E-state index is 11.5. The number of hydrogen-bond acceptors (Lipinski definition) is 5. The van der Waals surface area contributed by atoms with E-state index in [-0.39, 0.29) is 24.4 Å². The molecule has 0 radical (unpaired) electrons. The number of ether oxygens (including phenoxy) is 2. The zero-order valence-corrected chi connectivity index (χ0v) is 13.8. The number of carbonyl (C=O) groups is 1. The van der Waals surface area contributed by atoms with Gasteiger partial charge in [-0.3, -0.25) is 4.79 Å². The van der Waals surface area contributed by atoms with E-state index in [9.17, 15) is 4.79 Å². The lowest BCUT2D eigenvalue weighted by Crippen LogP contribution is -2.49. The molecule has 1 fully saturated rings. The molecule has 0 unspecified atom stereocenters. The van der Waals surface area contributed by atoms with Crippen LogP contribution in [0.25, 0.3) is 0 Å². The van der Waals surface area contributed by atoms with Gasteiger partial charge in [-0.2, -0.15) is 0 Å². The first-order valence-corrected chi connectivity index (χ1v) is 7.98. The van der Waals surface area contributed by atoms with Gasteiger partial charge in [-0.1, -0.05) is 27.7 Å². The fraction of sp³-hybridized carbons (Fsp3) is 0.647. The van der Waals surface area contributed by atoms with Gasteiger partial charge in [0.05, 0.1) is 6.20 Å². The van der Waals surface area contributed by atoms with E-state index in [1.54, 1.807) is 18.3 Å². The van der Waals surface area contributed by atoms with Gasteiger partial charge in [0, 0.05) is 24.1 Å². The van der Waals surface area contributed by atoms with Gasteiger partial charge in [0.1, 0.15) is 18.5 Å². The molecule has 0 aromatic carbocycles. The number of nitrogens with zero attached hydrogens (tertiary/aromatic N) is 1. The summed E-state index contributed by atoms with van der Waals surface area (Å²) in [5.74, 6) is 1.27. The van der Waals surface area contributed by atoms with Crippen LogP contribution in [0.15, 0.2) is 18.3 Å². The predicted octanol–water partition coefficient (Wildman–Crippen LogP) is 2.59. The van der Waals surface area contributed by atoms with E-state index in [2.05, 4.69) is 24.1 Å². The van der Waals surface area contributed by atoms with Gasteiger partial charge >= 0.3 is 0 Å². The Balaban J connectivity index is 1.72. The van der Waals surface area contributed by atoms with Crippen LogP contribution in [0.1, 0.15) is 40.5 Å². The first-order valence-electron chi connectivity index (χ1n) is 7.98. The Kier molecular flexibility index (Phi) is 5.77. The molecule has 1 aromatic rings. The second-order valence-electron chi connectivity index (χ2n) is 6.47. The van der Waals surface area contributed by atoms with Gasteiger partial charge < -0.3 is 14.8 Å². The maximum absolute atomic E-state index is 11.5. The smallest absolute Gasteiger partial charge is 0.213 e. The quantitative estimate of drug-likeness (QED) is 0.800. The summed E-state index contributed by atoms with van der Waals surface area (Å²) in [7, 11) is 0. The minimum Gasteiger partial charge on any atom is -0.484 e. The Morgan fingerprint density at radius 2 is 2.05 bits per heavy atom. The molecule has 0 bridgehead atoms. The Morgan fingerprint density at radius 3 is 2.59 bits per heavy atom. The zero-order chi connectivity index (χ0) is 16.1. The number of Topliss-reactive ketones (excluding diaryl/α,β-unsaturated/α-hetero) is 1. The first-order chi connectivity index (χ1) is 10.4. The van der Waals surface area contributed by atoms with E-state index in [0.29, 0.717) is 23.7 Å². The molecule has 5 nitrogen and oxygen atoms in total. The summed E-state index contributed by atoms with van der Waals surface area (Å²) in [5.41, 5.74) is 0. The molecule has 1 aliphatic rings. The molecule has 1 aliphatic carbocycles. The van der Waals surface area contributed by atoms with Gasteiger partial charge in [-0.15, -0.1) is 0 Å². The molecule has 0 atom stereocenters. The summed E-state index contributed by atoms with van der Waals surface area (Å²) in [6.45, 7) is 8.11. The molecule has 1 heterocycles. The minimum atomic E-state index is -0.0124. The van der Waals surface area contributed by atoms with Crippen molar-refractivity contribution >= 4 is 5.78 Å². The topological polar surface area (TPSA) is 60.5 Å². The highest BCUT2D eigenvalue weighted by molar-refractivity contribution is 5.81. The third-order valence-electron chi connectivity index (χ3n) is 3.69. The van der Waals surface area contributed by atoms with Gasteiger partial charge in [0.25, 0.3) is 0 Å². The molecule has 22 heavy (non-hydrogen) atoms. The molecule has 2 rings (SSSR count). The minimum absolute atomic E-state index is 0.0124. The van der Waals surface area contributed by atoms with Crippen molar-refractivity contribution in [3.05, 3.63) is 18.3 Å². The normalized spacial score (nSPS) is 20.8. The number of pyridine rings is 1. The lowest BCUT2D eigenvalue weighted by atomic mass is 9.89. The van der Waals surface area contributed by atoms with Crippen molar-refractivity contribution < 1.29 is 14.3 Å². The van der Waals surface area contributed by atoms with Crippen LogP contribution in [0.3, 0.4) is 0 Å². The summed E-state index contributed by atoms with van der Waals surface area (Å²) >= 11 is 0. The van der Waals surface area contributed by atoms with Crippen molar-refractivity contribution in [2.24, 2.45) is 5.92 Å². The third-order valence-corrected chi connectivity index (χ3v) is 3.69. The SMILES string of the molecule is CC(C)N[C@H]1C[C@H](Oc2ccc(OCC(=O)C(C)C)cn2)C1. The largest absolute Gasteiger partial charge is 0.484 e. The van der Waals surface area contributed by atoms with E-state index in [1.807, 2.05) is 13.8 Å². The summed E-state index contributed by atoms with van der Waals surface area (Å²) < 4.78 is 11.2. The predicted molar refractivity (Wildman–Crippen MR) is 85.3 cm³/mol. The number of ketones is 1.